The molecule has 1 saturated heterocycles. The molecular weight excluding hydrogens is 282 g/mol. The summed E-state index contributed by atoms with van der Waals surface area (Å²) in [7, 11) is 3.88. The van der Waals surface area contributed by atoms with E-state index in [2.05, 4.69) is 18.4 Å². The van der Waals surface area contributed by atoms with Gasteiger partial charge in [-0.3, -0.25) is 0 Å². The predicted octanol–water partition coefficient (Wildman–Crippen LogP) is 6.47. The number of hydrogen-bond donors (Lipinski definition) is 0. The van der Waals surface area contributed by atoms with Crippen molar-refractivity contribution in [1.82, 2.24) is 4.90 Å². The van der Waals surface area contributed by atoms with Crippen LogP contribution in [0.3, 0.4) is 0 Å². The molecule has 20 heavy (non-hydrogen) atoms. The summed E-state index contributed by atoms with van der Waals surface area (Å²) >= 11 is 0. The molecule has 1 fully saturated rings. The normalized spacial score (nSPS) is 14.3. The molecule has 0 aromatic carbocycles. The molecule has 0 spiro atoms. The van der Waals surface area contributed by atoms with Crippen molar-refractivity contribution in [3.63, 3.8) is 0 Å². The van der Waals surface area contributed by atoms with Crippen molar-refractivity contribution in [1.29, 1.82) is 0 Å². The first-order valence-corrected chi connectivity index (χ1v) is 10.9. The van der Waals surface area contributed by atoms with Gasteiger partial charge in [-0.1, -0.05) is 82.1 Å². The number of nitrogens with zero attached hydrogens (tertiary/aromatic N) is 1. The fourth-order valence-corrected chi connectivity index (χ4v) is 4.53. The first kappa shape index (κ1) is 18.3. The molecule has 1 aliphatic rings. The lowest BCUT2D eigenvalue weighted by molar-refractivity contribution is 0.258. The third kappa shape index (κ3) is 9.23. The van der Waals surface area contributed by atoms with Crippen LogP contribution >= 0.6 is 21.6 Å². The minimum absolute atomic E-state index is 1.23. The molecule has 1 rings (SSSR count). The number of unbranched alkanes of at least 4 members (excludes halogenated alkanes) is 9. The third-order valence-electron chi connectivity index (χ3n) is 3.95. The highest BCUT2D eigenvalue weighted by molar-refractivity contribution is 8.78. The van der Waals surface area contributed by atoms with E-state index in [1.54, 1.807) is 0 Å². The van der Waals surface area contributed by atoms with Crippen LogP contribution in [0, 0.1) is 0 Å². The Bertz CT molecular complexity index is 239. The minimum atomic E-state index is 1.23. The van der Waals surface area contributed by atoms with E-state index in [9.17, 15) is 0 Å². The van der Waals surface area contributed by atoms with Gasteiger partial charge in [-0.15, -0.1) is 0 Å². The summed E-state index contributed by atoms with van der Waals surface area (Å²) in [6.07, 6.45) is 15.6. The second-order valence-corrected chi connectivity index (χ2v) is 8.31. The minimum Gasteiger partial charge on any atom is -0.366 e. The molecule has 1 heterocycles. The Morgan fingerprint density at radius 3 is 1.95 bits per heavy atom. The summed E-state index contributed by atoms with van der Waals surface area (Å²) in [6.45, 7) is 8.87. The second-order valence-electron chi connectivity index (χ2n) is 5.82. The highest BCUT2D eigenvalue weighted by Gasteiger charge is 2.15. The summed E-state index contributed by atoms with van der Waals surface area (Å²) < 4.78 is 0. The highest BCUT2D eigenvalue weighted by Crippen LogP contribution is 2.34. The molecule has 0 unspecified atom stereocenters. The average molecular weight is 316 g/mol. The maximum atomic E-state index is 4.13. The smallest absolute Gasteiger partial charge is 0.0742 e. The monoisotopic (exact) mass is 315 g/mol. The van der Waals surface area contributed by atoms with E-state index in [-0.39, 0.29) is 0 Å². The molecule has 0 aromatic heterocycles. The lowest BCUT2D eigenvalue weighted by atomic mass is 10.1. The summed E-state index contributed by atoms with van der Waals surface area (Å²) in [5.74, 6) is 1.29. The van der Waals surface area contributed by atoms with Crippen LogP contribution in [0.15, 0.2) is 11.6 Å². The van der Waals surface area contributed by atoms with Crippen molar-refractivity contribution in [3.8, 4) is 0 Å². The molecule has 0 aromatic rings. The maximum Gasteiger partial charge on any atom is 0.0742 e. The SMILES string of the molecule is C=C(SSCCCCCCCCCCCC)N1CCC1. The van der Waals surface area contributed by atoms with Crippen LogP contribution in [0.4, 0.5) is 0 Å². The Morgan fingerprint density at radius 2 is 1.45 bits per heavy atom. The number of likely N-dealkylation sites (tertiary alicyclic amines) is 1. The van der Waals surface area contributed by atoms with Gasteiger partial charge in [-0.05, 0) is 23.6 Å². The summed E-state index contributed by atoms with van der Waals surface area (Å²) in [5.41, 5.74) is 0. The topological polar surface area (TPSA) is 3.24 Å². The van der Waals surface area contributed by atoms with Crippen LogP contribution in [0.25, 0.3) is 0 Å². The van der Waals surface area contributed by atoms with Crippen LogP contribution in [0.1, 0.15) is 77.6 Å². The van der Waals surface area contributed by atoms with Crippen LogP contribution in [-0.2, 0) is 0 Å². The van der Waals surface area contributed by atoms with Gasteiger partial charge in [0.1, 0.15) is 0 Å². The molecule has 0 bridgehead atoms. The van der Waals surface area contributed by atoms with Gasteiger partial charge >= 0.3 is 0 Å². The first-order valence-electron chi connectivity index (χ1n) is 8.58. The largest absolute Gasteiger partial charge is 0.366 e. The van der Waals surface area contributed by atoms with E-state index < -0.39 is 0 Å². The van der Waals surface area contributed by atoms with Crippen LogP contribution < -0.4 is 0 Å². The summed E-state index contributed by atoms with van der Waals surface area (Å²) in [5, 5.41) is 1.27. The van der Waals surface area contributed by atoms with Gasteiger partial charge in [-0.25, -0.2) is 0 Å². The molecule has 0 radical (unpaired) electrons. The van der Waals surface area contributed by atoms with Gasteiger partial charge in [0.05, 0.1) is 5.03 Å². The zero-order valence-corrected chi connectivity index (χ0v) is 15.0. The molecule has 1 nitrogen and oxygen atoms in total. The summed E-state index contributed by atoms with van der Waals surface area (Å²) in [6, 6.07) is 0. The Morgan fingerprint density at radius 1 is 0.900 bits per heavy atom. The van der Waals surface area contributed by atoms with E-state index in [1.165, 1.54) is 94.5 Å². The van der Waals surface area contributed by atoms with Gasteiger partial charge in [0, 0.05) is 18.8 Å². The Hall–Kier alpha value is 0.240. The average Bonchev–Trinajstić information content (AvgIpc) is 2.38. The van der Waals surface area contributed by atoms with Gasteiger partial charge < -0.3 is 4.90 Å². The molecular formula is C17H33NS2. The highest BCUT2D eigenvalue weighted by atomic mass is 33.1. The molecule has 118 valence electrons. The summed E-state index contributed by atoms with van der Waals surface area (Å²) in [4.78, 5) is 2.39. The van der Waals surface area contributed by atoms with Gasteiger partial charge in [0.2, 0.25) is 0 Å². The Labute approximate surface area is 134 Å². The lowest BCUT2D eigenvalue weighted by Crippen LogP contribution is -2.34. The molecule has 0 atom stereocenters. The fraction of sp³-hybridized carbons (Fsp3) is 0.882. The second kappa shape index (κ2) is 12.9. The Kier molecular flexibility index (Phi) is 11.8. The first-order chi connectivity index (χ1) is 9.84. The van der Waals surface area contributed by atoms with Crippen molar-refractivity contribution in [2.45, 2.75) is 77.6 Å². The van der Waals surface area contributed by atoms with Gasteiger partial charge in [-0.2, -0.15) is 0 Å². The zero-order chi connectivity index (χ0) is 14.5. The van der Waals surface area contributed by atoms with E-state index in [1.807, 2.05) is 21.6 Å². The van der Waals surface area contributed by atoms with E-state index in [0.29, 0.717) is 0 Å². The van der Waals surface area contributed by atoms with Crippen LogP contribution in [0.2, 0.25) is 0 Å². The van der Waals surface area contributed by atoms with Crippen LogP contribution in [0.5, 0.6) is 0 Å². The maximum absolute atomic E-state index is 4.13. The Balaban J connectivity index is 1.71. The van der Waals surface area contributed by atoms with Crippen molar-refractivity contribution >= 4 is 21.6 Å². The predicted molar refractivity (Wildman–Crippen MR) is 97.2 cm³/mol. The zero-order valence-electron chi connectivity index (χ0n) is 13.4. The van der Waals surface area contributed by atoms with Crippen molar-refractivity contribution in [3.05, 3.63) is 11.6 Å². The molecule has 0 N–H and O–H groups in total. The molecule has 1 aliphatic heterocycles. The van der Waals surface area contributed by atoms with Gasteiger partial charge in [0.25, 0.3) is 0 Å². The number of hydrogen-bond acceptors (Lipinski definition) is 3. The van der Waals surface area contributed by atoms with Gasteiger partial charge in [0.15, 0.2) is 0 Å². The van der Waals surface area contributed by atoms with Crippen molar-refractivity contribution in [2.75, 3.05) is 18.8 Å². The van der Waals surface area contributed by atoms with Crippen molar-refractivity contribution in [2.24, 2.45) is 0 Å². The molecule has 0 amide bonds. The third-order valence-corrected chi connectivity index (χ3v) is 6.40. The fourth-order valence-electron chi connectivity index (χ4n) is 2.38. The number of rotatable bonds is 14. The lowest BCUT2D eigenvalue weighted by Gasteiger charge is -2.33. The van der Waals surface area contributed by atoms with Crippen LogP contribution in [-0.4, -0.2) is 23.7 Å². The molecule has 0 aliphatic carbocycles. The van der Waals surface area contributed by atoms with E-state index in [0.717, 1.165) is 0 Å². The van der Waals surface area contributed by atoms with E-state index in [4.69, 9.17) is 0 Å². The van der Waals surface area contributed by atoms with E-state index >= 15 is 0 Å². The molecule has 3 heteroatoms. The quantitative estimate of drug-likeness (QED) is 0.267. The standard InChI is InChI=1S/C17H33NS2/c1-3-4-5-6-7-8-9-10-11-12-16-19-20-17(2)18-14-13-15-18/h2-16H2,1H3. The molecule has 0 saturated carbocycles. The van der Waals surface area contributed by atoms with Crippen molar-refractivity contribution < 1.29 is 0 Å².